The van der Waals surface area contributed by atoms with E-state index in [2.05, 4.69) is 55.3 Å². The summed E-state index contributed by atoms with van der Waals surface area (Å²) >= 11 is 0. The van der Waals surface area contributed by atoms with Gasteiger partial charge in [-0.15, -0.1) is 0 Å². The lowest BCUT2D eigenvalue weighted by atomic mass is 10.1. The van der Waals surface area contributed by atoms with E-state index in [1.807, 2.05) is 0 Å². The molecule has 1 aliphatic rings. The molecular formula is C16H26N2. The molecule has 0 fully saturated rings. The summed E-state index contributed by atoms with van der Waals surface area (Å²) in [5, 5.41) is 3.52. The molecule has 100 valence electrons. The Labute approximate surface area is 111 Å². The monoisotopic (exact) mass is 246 g/mol. The highest BCUT2D eigenvalue weighted by Crippen LogP contribution is 2.31. The summed E-state index contributed by atoms with van der Waals surface area (Å²) < 4.78 is 0. The molecule has 0 radical (unpaired) electrons. The Morgan fingerprint density at radius 1 is 1.33 bits per heavy atom. The molecule has 0 aromatic heterocycles. The Kier molecular flexibility index (Phi) is 4.65. The average molecular weight is 246 g/mol. The number of hydrogen-bond acceptors (Lipinski definition) is 2. The second-order valence-corrected chi connectivity index (χ2v) is 5.83. The second kappa shape index (κ2) is 6.24. The van der Waals surface area contributed by atoms with Crippen LogP contribution in [0.5, 0.6) is 0 Å². The van der Waals surface area contributed by atoms with E-state index in [-0.39, 0.29) is 0 Å². The molecule has 1 heterocycles. The van der Waals surface area contributed by atoms with Crippen LogP contribution in [-0.2, 0) is 6.42 Å². The number of anilines is 1. The van der Waals surface area contributed by atoms with E-state index in [4.69, 9.17) is 0 Å². The van der Waals surface area contributed by atoms with Crippen LogP contribution in [0.15, 0.2) is 24.3 Å². The third-order valence-electron chi connectivity index (χ3n) is 3.65. The fourth-order valence-corrected chi connectivity index (χ4v) is 2.74. The van der Waals surface area contributed by atoms with Crippen LogP contribution in [-0.4, -0.2) is 25.7 Å². The minimum Gasteiger partial charge on any atom is -0.368 e. The zero-order chi connectivity index (χ0) is 13.0. The van der Waals surface area contributed by atoms with Gasteiger partial charge >= 0.3 is 0 Å². The van der Waals surface area contributed by atoms with E-state index in [0.29, 0.717) is 6.04 Å². The van der Waals surface area contributed by atoms with Crippen molar-refractivity contribution in [1.82, 2.24) is 5.32 Å². The zero-order valence-electron chi connectivity index (χ0n) is 11.9. The van der Waals surface area contributed by atoms with Gasteiger partial charge in [0.05, 0.1) is 0 Å². The molecular weight excluding hydrogens is 220 g/mol. The summed E-state index contributed by atoms with van der Waals surface area (Å²) in [6.45, 7) is 10.3. The van der Waals surface area contributed by atoms with Gasteiger partial charge in [0, 0.05) is 18.3 Å². The molecule has 0 bridgehead atoms. The van der Waals surface area contributed by atoms with Crippen LogP contribution in [0.1, 0.15) is 32.8 Å². The van der Waals surface area contributed by atoms with Gasteiger partial charge in [0.15, 0.2) is 0 Å². The van der Waals surface area contributed by atoms with Gasteiger partial charge in [-0.3, -0.25) is 0 Å². The van der Waals surface area contributed by atoms with E-state index >= 15 is 0 Å². The van der Waals surface area contributed by atoms with E-state index in [0.717, 1.165) is 19.0 Å². The maximum atomic E-state index is 3.52. The molecule has 0 saturated carbocycles. The summed E-state index contributed by atoms with van der Waals surface area (Å²) in [6.07, 6.45) is 2.43. The summed E-state index contributed by atoms with van der Waals surface area (Å²) in [7, 11) is 0. The molecule has 1 aromatic carbocycles. The number of para-hydroxylation sites is 1. The number of nitrogens with zero attached hydrogens (tertiary/aromatic N) is 1. The van der Waals surface area contributed by atoms with Crippen LogP contribution < -0.4 is 10.2 Å². The second-order valence-electron chi connectivity index (χ2n) is 5.83. The average Bonchev–Trinajstić information content (AvgIpc) is 2.65. The highest BCUT2D eigenvalue weighted by molar-refractivity contribution is 5.59. The minimum absolute atomic E-state index is 0.660. The van der Waals surface area contributed by atoms with Gasteiger partial charge in [0.2, 0.25) is 0 Å². The van der Waals surface area contributed by atoms with Gasteiger partial charge in [-0.2, -0.15) is 0 Å². The summed E-state index contributed by atoms with van der Waals surface area (Å²) in [5.41, 5.74) is 2.97. The number of hydrogen-bond donors (Lipinski definition) is 1. The van der Waals surface area contributed by atoms with Crippen molar-refractivity contribution in [3.63, 3.8) is 0 Å². The number of nitrogens with one attached hydrogen (secondary N) is 1. The highest BCUT2D eigenvalue weighted by Gasteiger charge is 2.24. The first-order valence-corrected chi connectivity index (χ1v) is 7.23. The van der Waals surface area contributed by atoms with E-state index in [1.165, 1.54) is 30.6 Å². The quantitative estimate of drug-likeness (QED) is 0.776. The van der Waals surface area contributed by atoms with Crippen molar-refractivity contribution in [3.05, 3.63) is 29.8 Å². The predicted molar refractivity (Wildman–Crippen MR) is 79.3 cm³/mol. The Morgan fingerprint density at radius 3 is 2.89 bits per heavy atom. The molecule has 1 aliphatic heterocycles. The highest BCUT2D eigenvalue weighted by atomic mass is 15.2. The van der Waals surface area contributed by atoms with E-state index in [1.54, 1.807) is 0 Å². The van der Waals surface area contributed by atoms with Crippen molar-refractivity contribution in [2.45, 2.75) is 39.7 Å². The van der Waals surface area contributed by atoms with Crippen molar-refractivity contribution < 1.29 is 0 Å². The number of rotatable bonds is 6. The fraction of sp³-hybridized carbons (Fsp3) is 0.625. The van der Waals surface area contributed by atoms with E-state index < -0.39 is 0 Å². The fourth-order valence-electron chi connectivity index (χ4n) is 2.74. The molecule has 2 rings (SSSR count). The zero-order valence-corrected chi connectivity index (χ0v) is 11.9. The Hall–Kier alpha value is -1.02. The SMILES string of the molecule is CC(C)CNCCCN1c2ccccc2CC1C. The molecule has 0 aliphatic carbocycles. The Morgan fingerprint density at radius 2 is 2.11 bits per heavy atom. The Balaban J connectivity index is 1.79. The third-order valence-corrected chi connectivity index (χ3v) is 3.65. The lowest BCUT2D eigenvalue weighted by Crippen LogP contribution is -2.32. The normalized spacial score (nSPS) is 18.4. The van der Waals surface area contributed by atoms with Gasteiger partial charge < -0.3 is 10.2 Å². The van der Waals surface area contributed by atoms with Gasteiger partial charge in [-0.05, 0) is 50.4 Å². The summed E-state index contributed by atoms with van der Waals surface area (Å²) in [5.74, 6) is 0.747. The van der Waals surface area contributed by atoms with Crippen LogP contribution in [0.4, 0.5) is 5.69 Å². The lowest BCUT2D eigenvalue weighted by molar-refractivity contribution is 0.535. The van der Waals surface area contributed by atoms with Crippen molar-refractivity contribution in [2.75, 3.05) is 24.5 Å². The van der Waals surface area contributed by atoms with Crippen LogP contribution in [0.2, 0.25) is 0 Å². The van der Waals surface area contributed by atoms with Crippen molar-refractivity contribution in [1.29, 1.82) is 0 Å². The molecule has 1 N–H and O–H groups in total. The first-order valence-electron chi connectivity index (χ1n) is 7.23. The maximum Gasteiger partial charge on any atom is 0.0402 e. The Bertz CT molecular complexity index is 373. The third kappa shape index (κ3) is 3.26. The topological polar surface area (TPSA) is 15.3 Å². The number of benzene rings is 1. The van der Waals surface area contributed by atoms with Gasteiger partial charge in [0.1, 0.15) is 0 Å². The van der Waals surface area contributed by atoms with Crippen LogP contribution >= 0.6 is 0 Å². The molecule has 1 aromatic rings. The largest absolute Gasteiger partial charge is 0.368 e. The molecule has 1 unspecified atom stereocenters. The molecule has 0 amide bonds. The van der Waals surface area contributed by atoms with Crippen LogP contribution in [0, 0.1) is 5.92 Å². The van der Waals surface area contributed by atoms with Gasteiger partial charge in [0.25, 0.3) is 0 Å². The van der Waals surface area contributed by atoms with E-state index in [9.17, 15) is 0 Å². The van der Waals surface area contributed by atoms with Crippen molar-refractivity contribution >= 4 is 5.69 Å². The summed E-state index contributed by atoms with van der Waals surface area (Å²) in [6, 6.07) is 9.50. The van der Waals surface area contributed by atoms with Crippen molar-refractivity contribution in [2.24, 2.45) is 5.92 Å². The molecule has 0 saturated heterocycles. The van der Waals surface area contributed by atoms with Crippen molar-refractivity contribution in [3.8, 4) is 0 Å². The molecule has 0 spiro atoms. The van der Waals surface area contributed by atoms with Crippen LogP contribution in [0.3, 0.4) is 0 Å². The van der Waals surface area contributed by atoms with Gasteiger partial charge in [-0.25, -0.2) is 0 Å². The molecule has 2 heteroatoms. The molecule has 1 atom stereocenters. The maximum absolute atomic E-state index is 3.52. The summed E-state index contributed by atoms with van der Waals surface area (Å²) in [4.78, 5) is 2.56. The first kappa shape index (κ1) is 13.4. The number of fused-ring (bicyclic) bond motifs is 1. The lowest BCUT2D eigenvalue weighted by Gasteiger charge is -2.25. The van der Waals surface area contributed by atoms with Crippen LogP contribution in [0.25, 0.3) is 0 Å². The molecule has 2 nitrogen and oxygen atoms in total. The minimum atomic E-state index is 0.660. The standard InChI is InChI=1S/C16H26N2/c1-13(2)12-17-9-6-10-18-14(3)11-15-7-4-5-8-16(15)18/h4-5,7-8,13-14,17H,6,9-12H2,1-3H3. The smallest absolute Gasteiger partial charge is 0.0402 e. The first-order chi connectivity index (χ1) is 8.68. The van der Waals surface area contributed by atoms with Gasteiger partial charge in [-0.1, -0.05) is 32.0 Å². The predicted octanol–water partition coefficient (Wildman–Crippen LogP) is 3.07. The molecule has 18 heavy (non-hydrogen) atoms.